The summed E-state index contributed by atoms with van der Waals surface area (Å²) in [7, 11) is 0. The minimum absolute atomic E-state index is 0.105. The Kier molecular flexibility index (Phi) is 6.38. The van der Waals surface area contributed by atoms with E-state index >= 15 is 0 Å². The third kappa shape index (κ3) is 5.02. The van der Waals surface area contributed by atoms with Crippen LogP contribution in [0.3, 0.4) is 0 Å². The van der Waals surface area contributed by atoms with E-state index in [1.807, 2.05) is 59.5 Å². The van der Waals surface area contributed by atoms with Crippen LogP contribution in [0.15, 0.2) is 59.8 Å². The molecule has 1 aliphatic rings. The van der Waals surface area contributed by atoms with Gasteiger partial charge in [0.2, 0.25) is 5.91 Å². The summed E-state index contributed by atoms with van der Waals surface area (Å²) in [4.78, 5) is 30.7. The lowest BCUT2D eigenvalue weighted by atomic mass is 10.1. The molecule has 1 fully saturated rings. The molecule has 1 N–H and O–H groups in total. The van der Waals surface area contributed by atoms with E-state index in [0.29, 0.717) is 17.6 Å². The second-order valence-electron chi connectivity index (χ2n) is 7.55. The molecule has 30 heavy (non-hydrogen) atoms. The first-order chi connectivity index (χ1) is 14.6. The number of imidazole rings is 1. The molecular formula is C23H25N3O3S. The lowest BCUT2D eigenvalue weighted by Gasteiger charge is -2.22. The molecule has 1 aromatic heterocycles. The zero-order valence-corrected chi connectivity index (χ0v) is 17.6. The number of carboxylic acids is 1. The summed E-state index contributed by atoms with van der Waals surface area (Å²) >= 11 is 1.56. The molecule has 0 radical (unpaired) electrons. The van der Waals surface area contributed by atoms with E-state index in [9.17, 15) is 14.7 Å². The van der Waals surface area contributed by atoms with Crippen LogP contribution in [0, 0.1) is 0 Å². The van der Waals surface area contributed by atoms with Crippen LogP contribution < -0.4 is 0 Å². The number of nitrogens with zero attached hydrogens (tertiary/aromatic N) is 3. The van der Waals surface area contributed by atoms with E-state index in [-0.39, 0.29) is 12.5 Å². The fourth-order valence-corrected chi connectivity index (χ4v) is 4.56. The van der Waals surface area contributed by atoms with Crippen molar-refractivity contribution in [3.05, 3.63) is 60.2 Å². The highest BCUT2D eigenvalue weighted by Crippen LogP contribution is 2.29. The lowest BCUT2D eigenvalue weighted by molar-refractivity contribution is -0.137. The van der Waals surface area contributed by atoms with Crippen molar-refractivity contribution in [3.63, 3.8) is 0 Å². The number of para-hydroxylation sites is 2. The fourth-order valence-electron chi connectivity index (χ4n) is 3.62. The number of carbonyl (C=O) groups excluding carboxylic acids is 1. The highest BCUT2D eigenvalue weighted by Gasteiger charge is 2.31. The van der Waals surface area contributed by atoms with Crippen molar-refractivity contribution in [3.8, 4) is 0 Å². The predicted octanol–water partition coefficient (Wildman–Crippen LogP) is 3.84. The molecule has 1 saturated carbocycles. The smallest absolute Gasteiger partial charge is 0.323 e. The Labute approximate surface area is 179 Å². The summed E-state index contributed by atoms with van der Waals surface area (Å²) in [5.41, 5.74) is 2.68. The van der Waals surface area contributed by atoms with Crippen LogP contribution in [-0.4, -0.2) is 49.8 Å². The second kappa shape index (κ2) is 9.34. The van der Waals surface area contributed by atoms with Gasteiger partial charge in [-0.2, -0.15) is 0 Å². The average molecular weight is 424 g/mol. The maximum atomic E-state index is 12.8. The zero-order chi connectivity index (χ0) is 20.9. The van der Waals surface area contributed by atoms with E-state index in [1.54, 1.807) is 16.3 Å². The van der Waals surface area contributed by atoms with Crippen LogP contribution >= 0.6 is 11.8 Å². The van der Waals surface area contributed by atoms with Crippen molar-refractivity contribution in [2.24, 2.45) is 0 Å². The number of carbonyl (C=O) groups is 2. The van der Waals surface area contributed by atoms with Crippen molar-refractivity contribution < 1.29 is 14.7 Å². The van der Waals surface area contributed by atoms with Gasteiger partial charge in [0.1, 0.15) is 6.54 Å². The molecule has 1 heterocycles. The number of aromatic nitrogens is 2. The Hall–Kier alpha value is -2.80. The first kappa shape index (κ1) is 20.5. The third-order valence-corrected chi connectivity index (χ3v) is 6.26. The molecule has 7 heteroatoms. The van der Waals surface area contributed by atoms with Gasteiger partial charge in [0.25, 0.3) is 0 Å². The van der Waals surface area contributed by atoms with E-state index in [1.165, 1.54) is 0 Å². The minimum Gasteiger partial charge on any atom is -0.480 e. The molecule has 4 rings (SSSR count). The highest BCUT2D eigenvalue weighted by atomic mass is 32.2. The molecule has 0 spiro atoms. The van der Waals surface area contributed by atoms with Crippen LogP contribution in [0.4, 0.5) is 0 Å². The number of carboxylic acid groups (broad SMARTS) is 1. The Bertz CT molecular complexity index is 1030. The standard InChI is InChI=1S/C23H25N3O3S/c27-21(15-17-7-2-1-3-8-17)25(18-11-12-18)13-6-14-30-23-24-19-9-4-5-10-20(19)26(23)16-22(28)29/h1-5,7-10,18H,6,11-16H2,(H,28,29). The van der Waals surface area contributed by atoms with Crippen LogP contribution in [-0.2, 0) is 22.6 Å². The van der Waals surface area contributed by atoms with E-state index in [0.717, 1.165) is 48.2 Å². The number of benzene rings is 2. The van der Waals surface area contributed by atoms with Crippen LogP contribution in [0.2, 0.25) is 0 Å². The summed E-state index contributed by atoms with van der Waals surface area (Å²) < 4.78 is 1.75. The SMILES string of the molecule is O=C(O)Cn1c(SCCCN(C(=O)Cc2ccccc2)C2CC2)nc2ccccc21. The van der Waals surface area contributed by atoms with Gasteiger partial charge in [0, 0.05) is 18.3 Å². The minimum atomic E-state index is -0.883. The summed E-state index contributed by atoms with van der Waals surface area (Å²) in [5, 5.41) is 9.98. The number of amides is 1. The molecule has 0 unspecified atom stereocenters. The quantitative estimate of drug-likeness (QED) is 0.396. The van der Waals surface area contributed by atoms with E-state index in [2.05, 4.69) is 4.98 Å². The second-order valence-corrected chi connectivity index (χ2v) is 8.61. The number of thioether (sulfide) groups is 1. The van der Waals surface area contributed by atoms with E-state index in [4.69, 9.17) is 0 Å². The van der Waals surface area contributed by atoms with Gasteiger partial charge in [0.15, 0.2) is 5.16 Å². The molecule has 156 valence electrons. The number of aliphatic carboxylic acids is 1. The third-order valence-electron chi connectivity index (χ3n) is 5.19. The fraction of sp³-hybridized carbons (Fsp3) is 0.348. The molecule has 0 atom stereocenters. The van der Waals surface area contributed by atoms with Crippen LogP contribution in [0.5, 0.6) is 0 Å². The van der Waals surface area contributed by atoms with Crippen molar-refractivity contribution in [2.45, 2.75) is 43.4 Å². The van der Waals surface area contributed by atoms with Crippen LogP contribution in [0.1, 0.15) is 24.8 Å². The molecular weight excluding hydrogens is 398 g/mol. The maximum absolute atomic E-state index is 12.8. The monoisotopic (exact) mass is 423 g/mol. The lowest BCUT2D eigenvalue weighted by Crippen LogP contribution is -2.35. The van der Waals surface area contributed by atoms with Crippen molar-refractivity contribution in [1.82, 2.24) is 14.5 Å². The Morgan fingerprint density at radius 1 is 1.10 bits per heavy atom. The number of hydrogen-bond acceptors (Lipinski definition) is 4. The molecule has 0 saturated heterocycles. The number of fused-ring (bicyclic) bond motifs is 1. The average Bonchev–Trinajstić information content (AvgIpc) is 3.52. The predicted molar refractivity (Wildman–Crippen MR) is 118 cm³/mol. The topological polar surface area (TPSA) is 75.4 Å². The normalized spacial score (nSPS) is 13.5. The summed E-state index contributed by atoms with van der Waals surface area (Å²) in [6.45, 7) is 0.620. The van der Waals surface area contributed by atoms with Gasteiger partial charge < -0.3 is 14.6 Å². The summed E-state index contributed by atoms with van der Waals surface area (Å²) in [5.74, 6) is 0.0864. The van der Waals surface area contributed by atoms with Crippen molar-refractivity contribution in [2.75, 3.05) is 12.3 Å². The molecule has 0 aliphatic heterocycles. The molecule has 1 aliphatic carbocycles. The van der Waals surface area contributed by atoms with Gasteiger partial charge in [-0.05, 0) is 37.0 Å². The Morgan fingerprint density at radius 3 is 2.57 bits per heavy atom. The molecule has 3 aromatic rings. The number of rotatable bonds is 10. The van der Waals surface area contributed by atoms with E-state index < -0.39 is 5.97 Å². The Balaban J connectivity index is 1.35. The molecule has 1 amide bonds. The Morgan fingerprint density at radius 2 is 1.83 bits per heavy atom. The van der Waals surface area contributed by atoms with Gasteiger partial charge in [-0.3, -0.25) is 9.59 Å². The first-order valence-corrected chi connectivity index (χ1v) is 11.2. The van der Waals surface area contributed by atoms with Gasteiger partial charge in [-0.25, -0.2) is 4.98 Å². The van der Waals surface area contributed by atoms with Gasteiger partial charge in [0.05, 0.1) is 17.5 Å². The van der Waals surface area contributed by atoms with Gasteiger partial charge in [-0.15, -0.1) is 0 Å². The van der Waals surface area contributed by atoms with Gasteiger partial charge >= 0.3 is 5.97 Å². The molecule has 2 aromatic carbocycles. The maximum Gasteiger partial charge on any atom is 0.323 e. The molecule has 6 nitrogen and oxygen atoms in total. The molecule has 0 bridgehead atoms. The largest absolute Gasteiger partial charge is 0.480 e. The van der Waals surface area contributed by atoms with Gasteiger partial charge in [-0.1, -0.05) is 54.2 Å². The zero-order valence-electron chi connectivity index (χ0n) is 16.7. The summed E-state index contributed by atoms with van der Waals surface area (Å²) in [6, 6.07) is 17.8. The van der Waals surface area contributed by atoms with Crippen molar-refractivity contribution in [1.29, 1.82) is 0 Å². The van der Waals surface area contributed by atoms with Crippen molar-refractivity contribution >= 4 is 34.7 Å². The summed E-state index contributed by atoms with van der Waals surface area (Å²) in [6.07, 6.45) is 3.46. The number of hydrogen-bond donors (Lipinski definition) is 1. The first-order valence-electron chi connectivity index (χ1n) is 10.2. The highest BCUT2D eigenvalue weighted by molar-refractivity contribution is 7.99. The van der Waals surface area contributed by atoms with Crippen LogP contribution in [0.25, 0.3) is 11.0 Å².